The van der Waals surface area contributed by atoms with E-state index in [1.807, 2.05) is 0 Å². The molecule has 0 aliphatic heterocycles. The molecule has 0 atom stereocenters. The van der Waals surface area contributed by atoms with Gasteiger partial charge < -0.3 is 0 Å². The second kappa shape index (κ2) is 25.3. The lowest BCUT2D eigenvalue weighted by atomic mass is 10.1. The second-order valence-electron chi connectivity index (χ2n) is 4.18. The predicted octanol–water partition coefficient (Wildman–Crippen LogP) is 7.05. The van der Waals surface area contributed by atoms with Crippen molar-refractivity contribution < 1.29 is 0 Å². The molecule has 0 N–H and O–H groups in total. The van der Waals surface area contributed by atoms with Crippen molar-refractivity contribution in [3.63, 3.8) is 0 Å². The largest absolute Gasteiger partial charge is 0.114 e. The van der Waals surface area contributed by atoms with Gasteiger partial charge in [-0.1, -0.05) is 84.5 Å². The molecule has 0 radical (unpaired) electrons. The summed E-state index contributed by atoms with van der Waals surface area (Å²) in [5.74, 6) is 0. The summed E-state index contributed by atoms with van der Waals surface area (Å²) in [5.41, 5.74) is 0. The van der Waals surface area contributed by atoms with Gasteiger partial charge in [0, 0.05) is 0 Å². The summed E-state index contributed by atoms with van der Waals surface area (Å²) in [4.78, 5) is 0. The fraction of sp³-hybridized carbons (Fsp3) is 1.00. The molecule has 0 saturated carbocycles. The molecule has 0 aliphatic rings. The van der Waals surface area contributed by atoms with Crippen molar-refractivity contribution in [2.24, 2.45) is 0 Å². The third kappa shape index (κ3) is 24.6. The molecule has 0 aliphatic carbocycles. The molecule has 0 rings (SSSR count). The molecule has 104 valence electrons. The molecular weight excluding hydrogens is 396 g/mol. The highest BCUT2D eigenvalue weighted by atomic mass is 79.9. The van der Waals surface area contributed by atoms with Crippen LogP contribution in [0.15, 0.2) is 0 Å². The third-order valence-electron chi connectivity index (χ3n) is 2.71. The van der Waals surface area contributed by atoms with Gasteiger partial charge in [0.2, 0.25) is 0 Å². The fourth-order valence-electron chi connectivity index (χ4n) is 1.74. The summed E-state index contributed by atoms with van der Waals surface area (Å²) in [6.07, 6.45) is 15.9. The number of hydrogen-bond donors (Lipinski definition) is 0. The topological polar surface area (TPSA) is 0 Å². The van der Waals surface area contributed by atoms with Crippen LogP contribution in [0.1, 0.15) is 84.5 Å². The summed E-state index contributed by atoms with van der Waals surface area (Å²) in [7, 11) is 0. The van der Waals surface area contributed by atoms with Crippen LogP contribution in [0.3, 0.4) is 0 Å². The lowest BCUT2D eigenvalue weighted by molar-refractivity contribution is 0.554. The van der Waals surface area contributed by atoms with Gasteiger partial charge in [-0.2, -0.15) is 0 Å². The first-order valence-electron chi connectivity index (χ1n) is 6.41. The van der Waals surface area contributed by atoms with E-state index in [4.69, 9.17) is 0 Å². The summed E-state index contributed by atoms with van der Waals surface area (Å²) in [5, 5.41) is 0. The molecule has 0 aromatic carbocycles. The van der Waals surface area contributed by atoms with Gasteiger partial charge in [0.05, 0.1) is 0 Å². The Morgan fingerprint density at radius 3 is 0.750 bits per heavy atom. The van der Waals surface area contributed by atoms with Crippen LogP contribution >= 0.6 is 50.9 Å². The highest BCUT2D eigenvalue weighted by Crippen LogP contribution is 2.10. The number of hydrogen-bond acceptors (Lipinski definition) is 0. The van der Waals surface area contributed by atoms with Gasteiger partial charge in [-0.3, -0.25) is 0 Å². The maximum atomic E-state index is 2.28. The van der Waals surface area contributed by atoms with E-state index in [-0.39, 0.29) is 50.9 Å². The van der Waals surface area contributed by atoms with E-state index < -0.39 is 0 Å². The first-order chi connectivity index (χ1) is 6.41. The smallest absolute Gasteiger partial charge is 0.0533 e. The van der Waals surface area contributed by atoms with E-state index >= 15 is 0 Å². The van der Waals surface area contributed by atoms with Crippen molar-refractivity contribution in [2.75, 3.05) is 0 Å². The minimum absolute atomic E-state index is 0. The van der Waals surface area contributed by atoms with Crippen LogP contribution in [0.5, 0.6) is 0 Å². The minimum Gasteiger partial charge on any atom is -0.114 e. The molecule has 0 aromatic rings. The van der Waals surface area contributed by atoms with E-state index in [2.05, 4.69) is 13.8 Å². The van der Waals surface area contributed by atoms with Gasteiger partial charge in [-0.05, 0) is 0 Å². The Balaban J connectivity index is -0.000000240. The third-order valence-corrected chi connectivity index (χ3v) is 2.71. The monoisotopic (exact) mass is 424 g/mol. The van der Waals surface area contributed by atoms with Crippen LogP contribution in [0, 0.1) is 0 Å². The normalized spacial score (nSPS) is 8.62. The first kappa shape index (κ1) is 26.1. The van der Waals surface area contributed by atoms with Crippen LogP contribution in [-0.2, 0) is 0 Å². The van der Waals surface area contributed by atoms with E-state index in [1.165, 1.54) is 70.6 Å². The lowest BCUT2D eigenvalue weighted by Gasteiger charge is -2.00. The van der Waals surface area contributed by atoms with Crippen LogP contribution in [0.4, 0.5) is 0 Å². The summed E-state index contributed by atoms with van der Waals surface area (Å²) in [6, 6.07) is 0. The molecule has 0 spiro atoms. The van der Waals surface area contributed by atoms with Crippen molar-refractivity contribution >= 4 is 50.9 Å². The molecule has 0 amide bonds. The average Bonchev–Trinajstić information content (AvgIpc) is 2.16. The highest BCUT2D eigenvalue weighted by Gasteiger charge is 1.90. The molecule has 0 saturated heterocycles. The average molecular weight is 427 g/mol. The standard InChI is InChI=1S/C13H28.3BrH/c1-3-5-7-9-11-13-12-10-8-6-4-2;;;/h3-13H2,1-2H3;3*1H. The molecular formula is C13H31Br3. The molecule has 0 nitrogen and oxygen atoms in total. The summed E-state index contributed by atoms with van der Waals surface area (Å²) < 4.78 is 0. The van der Waals surface area contributed by atoms with E-state index in [1.54, 1.807) is 0 Å². The van der Waals surface area contributed by atoms with Gasteiger partial charge in [-0.25, -0.2) is 0 Å². The van der Waals surface area contributed by atoms with Gasteiger partial charge in [0.15, 0.2) is 0 Å². The highest BCUT2D eigenvalue weighted by molar-refractivity contribution is 8.93. The molecule has 0 unspecified atom stereocenters. The molecule has 0 bridgehead atoms. The Bertz CT molecular complexity index is 77.2. The van der Waals surface area contributed by atoms with Gasteiger partial charge in [-0.15, -0.1) is 50.9 Å². The van der Waals surface area contributed by atoms with Gasteiger partial charge in [0.25, 0.3) is 0 Å². The summed E-state index contributed by atoms with van der Waals surface area (Å²) in [6.45, 7) is 4.56. The lowest BCUT2D eigenvalue weighted by Crippen LogP contribution is -1.80. The van der Waals surface area contributed by atoms with Crippen molar-refractivity contribution in [3.05, 3.63) is 0 Å². The van der Waals surface area contributed by atoms with E-state index in [0.717, 1.165) is 0 Å². The predicted molar refractivity (Wildman–Crippen MR) is 93.1 cm³/mol. The van der Waals surface area contributed by atoms with Crippen LogP contribution < -0.4 is 0 Å². The zero-order valence-corrected chi connectivity index (χ0v) is 16.1. The zero-order valence-electron chi connectivity index (χ0n) is 11.0. The van der Waals surface area contributed by atoms with Gasteiger partial charge in [0.1, 0.15) is 0 Å². The molecule has 3 heteroatoms. The first-order valence-corrected chi connectivity index (χ1v) is 6.41. The second-order valence-corrected chi connectivity index (χ2v) is 4.18. The van der Waals surface area contributed by atoms with Crippen molar-refractivity contribution in [1.29, 1.82) is 0 Å². The van der Waals surface area contributed by atoms with Crippen LogP contribution in [0.25, 0.3) is 0 Å². The SMILES string of the molecule is Br.Br.Br.CCCCCCCCCCCCC. The maximum absolute atomic E-state index is 2.28. The number of unbranched alkanes of at least 4 members (excludes halogenated alkanes) is 10. The molecule has 0 heterocycles. The summed E-state index contributed by atoms with van der Waals surface area (Å²) >= 11 is 0. The van der Waals surface area contributed by atoms with Crippen LogP contribution in [-0.4, -0.2) is 0 Å². The molecule has 16 heavy (non-hydrogen) atoms. The fourth-order valence-corrected chi connectivity index (χ4v) is 1.74. The Labute approximate surface area is 135 Å². The van der Waals surface area contributed by atoms with E-state index in [0.29, 0.717) is 0 Å². The minimum atomic E-state index is 0. The van der Waals surface area contributed by atoms with Crippen molar-refractivity contribution in [3.8, 4) is 0 Å². The van der Waals surface area contributed by atoms with Gasteiger partial charge >= 0.3 is 0 Å². The zero-order chi connectivity index (χ0) is 9.78. The van der Waals surface area contributed by atoms with Crippen molar-refractivity contribution in [2.45, 2.75) is 84.5 Å². The van der Waals surface area contributed by atoms with Crippen LogP contribution in [0.2, 0.25) is 0 Å². The van der Waals surface area contributed by atoms with Crippen molar-refractivity contribution in [1.82, 2.24) is 0 Å². The Morgan fingerprint density at radius 1 is 0.375 bits per heavy atom. The quantitative estimate of drug-likeness (QED) is 0.328. The molecule has 0 fully saturated rings. The maximum Gasteiger partial charge on any atom is -0.0533 e. The molecule has 0 aromatic heterocycles. The Morgan fingerprint density at radius 2 is 0.562 bits per heavy atom. The Hall–Kier alpha value is 1.44. The van der Waals surface area contributed by atoms with E-state index in [9.17, 15) is 0 Å². The Kier molecular flexibility index (Phi) is 41.3. The number of rotatable bonds is 10. The number of halogens is 3.